The maximum absolute atomic E-state index is 14.0. The van der Waals surface area contributed by atoms with Crippen LogP contribution in [-0.4, -0.2) is 44.1 Å². The number of fused-ring (bicyclic) bond motifs is 1. The molecule has 35 heavy (non-hydrogen) atoms. The summed E-state index contributed by atoms with van der Waals surface area (Å²) >= 11 is 0. The lowest BCUT2D eigenvalue weighted by molar-refractivity contribution is -0.136. The van der Waals surface area contributed by atoms with Crippen LogP contribution in [0.2, 0.25) is 0 Å². The Kier molecular flexibility index (Phi) is 5.85. The number of aromatic nitrogens is 2. The van der Waals surface area contributed by atoms with Crippen LogP contribution in [0, 0.1) is 0 Å². The van der Waals surface area contributed by atoms with Crippen LogP contribution in [0.1, 0.15) is 56.7 Å². The van der Waals surface area contributed by atoms with Crippen molar-refractivity contribution < 1.29 is 28.1 Å². The van der Waals surface area contributed by atoms with Crippen molar-refractivity contribution >= 4 is 11.0 Å². The van der Waals surface area contributed by atoms with Crippen molar-refractivity contribution in [1.82, 2.24) is 14.9 Å². The van der Waals surface area contributed by atoms with Crippen LogP contribution < -0.4 is 10.1 Å². The van der Waals surface area contributed by atoms with Gasteiger partial charge in [-0.2, -0.15) is 13.2 Å². The Morgan fingerprint density at radius 1 is 1.11 bits per heavy atom. The van der Waals surface area contributed by atoms with Crippen molar-refractivity contribution in [3.8, 4) is 5.75 Å². The van der Waals surface area contributed by atoms with Gasteiger partial charge in [-0.05, 0) is 51.2 Å². The molecule has 1 aromatic heterocycles. The van der Waals surface area contributed by atoms with Crippen LogP contribution in [0.5, 0.6) is 5.75 Å². The molecule has 0 amide bonds. The van der Waals surface area contributed by atoms with Crippen LogP contribution in [0.3, 0.4) is 0 Å². The van der Waals surface area contributed by atoms with Crippen LogP contribution in [-0.2, 0) is 11.8 Å². The van der Waals surface area contributed by atoms with Crippen molar-refractivity contribution in [2.24, 2.45) is 0 Å². The van der Waals surface area contributed by atoms with Crippen LogP contribution in [0.15, 0.2) is 48.8 Å². The summed E-state index contributed by atoms with van der Waals surface area (Å²) in [5, 5.41) is 24.8. The zero-order chi connectivity index (χ0) is 25.0. The van der Waals surface area contributed by atoms with Crippen molar-refractivity contribution in [3.63, 3.8) is 0 Å². The Morgan fingerprint density at radius 3 is 2.49 bits per heavy atom. The molecule has 9 heteroatoms. The van der Waals surface area contributed by atoms with Crippen LogP contribution in [0.25, 0.3) is 11.0 Å². The normalized spacial score (nSPS) is 31.3. The van der Waals surface area contributed by atoms with Crippen LogP contribution in [0.4, 0.5) is 13.2 Å². The highest BCUT2D eigenvalue weighted by Crippen LogP contribution is 2.45. The Balaban J connectivity index is 1.38. The first-order valence-electron chi connectivity index (χ1n) is 11.9. The SMILES string of the molecule is C[C@H]1C[C@@](O)(c2ccccc2)C[C@@H](COc2cc(C(F)(F)F)c3c(c2)ncn3C2CC(C)(O)C2)N1. The molecule has 1 aliphatic carbocycles. The van der Waals surface area contributed by atoms with Crippen molar-refractivity contribution in [2.45, 2.75) is 75.0 Å². The summed E-state index contributed by atoms with van der Waals surface area (Å²) in [7, 11) is 0. The minimum Gasteiger partial charge on any atom is -0.492 e. The maximum Gasteiger partial charge on any atom is 0.418 e. The third-order valence-electron chi connectivity index (χ3n) is 7.20. The quantitative estimate of drug-likeness (QED) is 0.490. The van der Waals surface area contributed by atoms with E-state index in [4.69, 9.17) is 4.74 Å². The lowest BCUT2D eigenvalue weighted by atomic mass is 9.77. The summed E-state index contributed by atoms with van der Waals surface area (Å²) in [6.45, 7) is 3.76. The monoisotopic (exact) mass is 489 g/mol. The molecule has 1 saturated carbocycles. The number of piperidine rings is 1. The summed E-state index contributed by atoms with van der Waals surface area (Å²) in [5.74, 6) is 0.0824. The fraction of sp³-hybridized carbons (Fsp3) is 0.500. The van der Waals surface area contributed by atoms with Gasteiger partial charge >= 0.3 is 6.18 Å². The minimum absolute atomic E-state index is 0.00570. The maximum atomic E-state index is 14.0. The van der Waals surface area contributed by atoms with Crippen molar-refractivity contribution in [3.05, 3.63) is 59.9 Å². The molecular formula is C26H30F3N3O3. The molecule has 0 radical (unpaired) electrons. The Hall–Kier alpha value is -2.62. The first kappa shape index (κ1) is 24.1. The number of nitrogens with one attached hydrogen (secondary N) is 1. The molecule has 188 valence electrons. The van der Waals surface area contributed by atoms with E-state index >= 15 is 0 Å². The van der Waals surface area contributed by atoms with Gasteiger partial charge in [0.1, 0.15) is 12.4 Å². The predicted molar refractivity (Wildman–Crippen MR) is 125 cm³/mol. The molecule has 2 aromatic carbocycles. The van der Waals surface area contributed by atoms with E-state index in [0.717, 1.165) is 11.6 Å². The highest BCUT2D eigenvalue weighted by Gasteiger charge is 2.42. The third kappa shape index (κ3) is 4.77. The number of aliphatic hydroxyl groups is 2. The molecule has 1 aliphatic heterocycles. The molecule has 2 aliphatic rings. The lowest BCUT2D eigenvalue weighted by Crippen LogP contribution is -2.53. The number of benzene rings is 2. The lowest BCUT2D eigenvalue weighted by Gasteiger charge is -2.42. The van der Waals surface area contributed by atoms with Gasteiger partial charge in [-0.15, -0.1) is 0 Å². The molecule has 3 N–H and O–H groups in total. The van der Waals surface area contributed by atoms with E-state index in [1.807, 2.05) is 37.3 Å². The number of imidazole rings is 1. The molecule has 2 heterocycles. The largest absolute Gasteiger partial charge is 0.492 e. The first-order valence-corrected chi connectivity index (χ1v) is 11.9. The van der Waals surface area contributed by atoms with Crippen molar-refractivity contribution in [1.29, 1.82) is 0 Å². The van der Waals surface area contributed by atoms with Gasteiger partial charge in [0, 0.05) is 24.2 Å². The topological polar surface area (TPSA) is 79.5 Å². The van der Waals surface area contributed by atoms with Gasteiger partial charge in [0.25, 0.3) is 0 Å². The summed E-state index contributed by atoms with van der Waals surface area (Å²) in [6, 6.07) is 11.5. The standard InChI is InChI=1S/C26H30F3N3O3/c1-16-10-25(34,17-6-4-3-5-7-17)11-18(31-16)14-35-20-8-21(26(27,28)29)23-22(9-20)30-15-32(23)19-12-24(2,33)13-19/h3-9,15-16,18-19,31,33-34H,10-14H2,1-2H3/t16-,18-,19?,24?,25-/m0/s1. The van der Waals surface area contributed by atoms with Gasteiger partial charge < -0.3 is 24.8 Å². The molecule has 1 saturated heterocycles. The highest BCUT2D eigenvalue weighted by molar-refractivity contribution is 5.82. The molecule has 0 unspecified atom stereocenters. The number of halogens is 3. The fourth-order valence-electron chi connectivity index (χ4n) is 5.68. The average Bonchev–Trinajstić information content (AvgIpc) is 3.18. The van der Waals surface area contributed by atoms with Gasteiger partial charge in [-0.25, -0.2) is 4.98 Å². The molecule has 0 spiro atoms. The van der Waals surface area contributed by atoms with E-state index in [1.54, 1.807) is 6.92 Å². The molecule has 0 bridgehead atoms. The van der Waals surface area contributed by atoms with Crippen molar-refractivity contribution in [2.75, 3.05) is 6.61 Å². The second-order valence-electron chi connectivity index (χ2n) is 10.4. The molecular weight excluding hydrogens is 459 g/mol. The van der Waals surface area contributed by atoms with E-state index < -0.39 is 22.9 Å². The molecule has 2 fully saturated rings. The number of rotatable bonds is 5. The Labute approximate surface area is 201 Å². The molecule has 3 aromatic rings. The predicted octanol–water partition coefficient (Wildman–Crippen LogP) is 4.55. The number of hydrogen-bond donors (Lipinski definition) is 3. The van der Waals surface area contributed by atoms with E-state index in [-0.39, 0.29) is 41.5 Å². The number of hydrogen-bond acceptors (Lipinski definition) is 5. The molecule has 5 rings (SSSR count). The third-order valence-corrected chi connectivity index (χ3v) is 7.20. The zero-order valence-electron chi connectivity index (χ0n) is 19.7. The van der Waals surface area contributed by atoms with E-state index in [1.165, 1.54) is 17.0 Å². The summed E-state index contributed by atoms with van der Waals surface area (Å²) in [4.78, 5) is 4.22. The fourth-order valence-corrected chi connectivity index (χ4v) is 5.68. The molecule has 3 atom stereocenters. The second-order valence-corrected chi connectivity index (χ2v) is 10.4. The van der Waals surface area contributed by atoms with Crippen LogP contribution >= 0.6 is 0 Å². The average molecular weight is 490 g/mol. The van der Waals surface area contributed by atoms with Gasteiger partial charge in [-0.3, -0.25) is 0 Å². The number of alkyl halides is 3. The van der Waals surface area contributed by atoms with Gasteiger partial charge in [0.05, 0.1) is 34.1 Å². The summed E-state index contributed by atoms with van der Waals surface area (Å²) < 4.78 is 49.5. The summed E-state index contributed by atoms with van der Waals surface area (Å²) in [6.07, 6.45) is -1.51. The smallest absolute Gasteiger partial charge is 0.418 e. The number of nitrogens with zero attached hydrogens (tertiary/aromatic N) is 2. The Bertz CT molecular complexity index is 1200. The number of ether oxygens (including phenoxy) is 1. The summed E-state index contributed by atoms with van der Waals surface area (Å²) in [5.41, 5.74) is -1.68. The van der Waals surface area contributed by atoms with Gasteiger partial charge in [0.2, 0.25) is 0 Å². The van der Waals surface area contributed by atoms with E-state index in [2.05, 4.69) is 10.3 Å². The van der Waals surface area contributed by atoms with Gasteiger partial charge in [-0.1, -0.05) is 30.3 Å². The second kappa shape index (κ2) is 8.50. The Morgan fingerprint density at radius 2 is 1.83 bits per heavy atom. The van der Waals surface area contributed by atoms with E-state index in [9.17, 15) is 23.4 Å². The van der Waals surface area contributed by atoms with E-state index in [0.29, 0.717) is 25.7 Å². The van der Waals surface area contributed by atoms with Gasteiger partial charge in [0.15, 0.2) is 0 Å². The zero-order valence-corrected chi connectivity index (χ0v) is 19.7. The molecule has 6 nitrogen and oxygen atoms in total. The first-order chi connectivity index (χ1) is 16.4. The highest BCUT2D eigenvalue weighted by atomic mass is 19.4. The minimum atomic E-state index is -4.59.